The maximum Gasteiger partial charge on any atom is 0.234 e. The van der Waals surface area contributed by atoms with Crippen LogP contribution in [0.5, 0.6) is 0 Å². The van der Waals surface area contributed by atoms with Gasteiger partial charge in [0.15, 0.2) is 0 Å². The van der Waals surface area contributed by atoms with Gasteiger partial charge in [-0.25, -0.2) is 0 Å². The summed E-state index contributed by atoms with van der Waals surface area (Å²) in [7, 11) is 0. The highest BCUT2D eigenvalue weighted by Crippen LogP contribution is 2.25. The molecule has 1 N–H and O–H groups in total. The molecular formula is C21H25N5OS. The predicted molar refractivity (Wildman–Crippen MR) is 113 cm³/mol. The lowest BCUT2D eigenvalue weighted by molar-refractivity contribution is -0.113. The number of tetrazole rings is 1. The van der Waals surface area contributed by atoms with Gasteiger partial charge in [-0.15, -0.1) is 5.10 Å². The van der Waals surface area contributed by atoms with Gasteiger partial charge in [-0.3, -0.25) is 4.79 Å². The Hall–Kier alpha value is -2.67. The van der Waals surface area contributed by atoms with E-state index in [2.05, 4.69) is 53.7 Å². The number of hydrogen-bond donors (Lipinski definition) is 1. The molecule has 0 aliphatic rings. The molecule has 0 aliphatic carbocycles. The van der Waals surface area contributed by atoms with Gasteiger partial charge in [0.1, 0.15) is 0 Å². The molecule has 146 valence electrons. The van der Waals surface area contributed by atoms with Gasteiger partial charge in [0.25, 0.3) is 0 Å². The third kappa shape index (κ3) is 4.59. The number of anilines is 1. The summed E-state index contributed by atoms with van der Waals surface area (Å²) < 4.78 is 1.71. The lowest BCUT2D eigenvalue weighted by Crippen LogP contribution is -2.15. The smallest absolute Gasteiger partial charge is 0.234 e. The minimum atomic E-state index is -0.0887. The Morgan fingerprint density at radius 3 is 2.36 bits per heavy atom. The lowest BCUT2D eigenvalue weighted by Gasteiger charge is -2.12. The molecule has 0 saturated carbocycles. The summed E-state index contributed by atoms with van der Waals surface area (Å²) in [5.74, 6) is 0.609. The number of aryl methyl sites for hydroxylation is 3. The summed E-state index contributed by atoms with van der Waals surface area (Å²) in [5, 5.41) is 15.5. The first-order valence-electron chi connectivity index (χ1n) is 9.24. The third-order valence-electron chi connectivity index (χ3n) is 4.48. The van der Waals surface area contributed by atoms with E-state index in [0.717, 1.165) is 22.5 Å². The standard InChI is InChI=1S/C21H25N5OS/c1-13(2)17-6-8-18(9-7-17)22-19(27)12-28-21-23-24-25-26(21)20-15(4)10-14(3)11-16(20)5/h6-11,13H,12H2,1-5H3,(H,22,27). The normalized spacial score (nSPS) is 11.1. The second-order valence-corrected chi connectivity index (χ2v) is 8.18. The molecule has 0 aliphatic heterocycles. The number of aromatic nitrogens is 4. The van der Waals surface area contributed by atoms with E-state index in [1.165, 1.54) is 22.9 Å². The number of hydrogen-bond acceptors (Lipinski definition) is 5. The predicted octanol–water partition coefficient (Wildman–Crippen LogP) is 4.44. The van der Waals surface area contributed by atoms with E-state index in [1.54, 1.807) is 4.68 Å². The molecule has 7 heteroatoms. The Morgan fingerprint density at radius 1 is 1.11 bits per heavy atom. The molecule has 0 fully saturated rings. The molecule has 1 aromatic heterocycles. The molecule has 0 bridgehead atoms. The van der Waals surface area contributed by atoms with Crippen molar-refractivity contribution in [3.63, 3.8) is 0 Å². The van der Waals surface area contributed by atoms with Crippen LogP contribution < -0.4 is 5.32 Å². The Morgan fingerprint density at radius 2 is 1.75 bits per heavy atom. The SMILES string of the molecule is Cc1cc(C)c(-n2nnnc2SCC(=O)Nc2ccc(C(C)C)cc2)c(C)c1. The van der Waals surface area contributed by atoms with Crippen molar-refractivity contribution in [2.24, 2.45) is 0 Å². The third-order valence-corrected chi connectivity index (χ3v) is 5.40. The van der Waals surface area contributed by atoms with Crippen molar-refractivity contribution in [3.8, 4) is 5.69 Å². The molecule has 0 saturated heterocycles. The number of carbonyl (C=O) groups excluding carboxylic acids is 1. The number of nitrogens with zero attached hydrogens (tertiary/aromatic N) is 4. The van der Waals surface area contributed by atoms with Crippen molar-refractivity contribution >= 4 is 23.4 Å². The molecule has 28 heavy (non-hydrogen) atoms. The highest BCUT2D eigenvalue weighted by molar-refractivity contribution is 7.99. The fourth-order valence-electron chi connectivity index (χ4n) is 3.19. The summed E-state index contributed by atoms with van der Waals surface area (Å²) in [6, 6.07) is 12.1. The molecule has 1 amide bonds. The van der Waals surface area contributed by atoms with E-state index in [1.807, 2.05) is 38.1 Å². The Balaban J connectivity index is 1.68. The van der Waals surface area contributed by atoms with E-state index in [-0.39, 0.29) is 11.7 Å². The number of amides is 1. The molecule has 6 nitrogen and oxygen atoms in total. The molecule has 0 unspecified atom stereocenters. The largest absolute Gasteiger partial charge is 0.325 e. The van der Waals surface area contributed by atoms with Crippen molar-refractivity contribution in [1.29, 1.82) is 0 Å². The van der Waals surface area contributed by atoms with Crippen LogP contribution in [-0.2, 0) is 4.79 Å². The lowest BCUT2D eigenvalue weighted by atomic mass is 10.0. The second kappa shape index (κ2) is 8.56. The first-order valence-corrected chi connectivity index (χ1v) is 10.2. The Labute approximate surface area is 169 Å². The van der Waals surface area contributed by atoms with Crippen LogP contribution in [-0.4, -0.2) is 31.9 Å². The van der Waals surface area contributed by atoms with E-state index < -0.39 is 0 Å². The van der Waals surface area contributed by atoms with Crippen LogP contribution in [0.15, 0.2) is 41.6 Å². The van der Waals surface area contributed by atoms with Gasteiger partial charge in [0.05, 0.1) is 11.4 Å². The average molecular weight is 396 g/mol. The van der Waals surface area contributed by atoms with Crippen molar-refractivity contribution in [1.82, 2.24) is 20.2 Å². The van der Waals surface area contributed by atoms with Crippen LogP contribution in [0, 0.1) is 20.8 Å². The number of thioether (sulfide) groups is 1. The zero-order chi connectivity index (χ0) is 20.3. The maximum absolute atomic E-state index is 12.3. The van der Waals surface area contributed by atoms with Gasteiger partial charge in [-0.1, -0.05) is 55.4 Å². The van der Waals surface area contributed by atoms with Crippen molar-refractivity contribution < 1.29 is 4.79 Å². The van der Waals surface area contributed by atoms with Crippen molar-refractivity contribution in [2.75, 3.05) is 11.1 Å². The highest BCUT2D eigenvalue weighted by Gasteiger charge is 2.15. The monoisotopic (exact) mass is 395 g/mol. The van der Waals surface area contributed by atoms with Crippen LogP contribution in [0.25, 0.3) is 5.69 Å². The highest BCUT2D eigenvalue weighted by atomic mass is 32.2. The summed E-state index contributed by atoms with van der Waals surface area (Å²) in [5.41, 5.74) is 6.39. The first kappa shape index (κ1) is 20.1. The summed E-state index contributed by atoms with van der Waals surface area (Å²) in [6.07, 6.45) is 0. The van der Waals surface area contributed by atoms with Crippen molar-refractivity contribution in [3.05, 3.63) is 58.7 Å². The van der Waals surface area contributed by atoms with Gasteiger partial charge in [0.2, 0.25) is 11.1 Å². The van der Waals surface area contributed by atoms with Gasteiger partial charge >= 0.3 is 0 Å². The summed E-state index contributed by atoms with van der Waals surface area (Å²) >= 11 is 1.32. The first-order chi connectivity index (χ1) is 13.3. The average Bonchev–Trinajstić information content (AvgIpc) is 3.07. The number of rotatable bonds is 6. The zero-order valence-corrected chi connectivity index (χ0v) is 17.7. The quantitative estimate of drug-likeness (QED) is 0.625. The molecule has 3 rings (SSSR count). The molecular weight excluding hydrogens is 370 g/mol. The molecule has 1 heterocycles. The van der Waals surface area contributed by atoms with E-state index in [0.29, 0.717) is 11.1 Å². The Bertz CT molecular complexity index is 956. The summed E-state index contributed by atoms with van der Waals surface area (Å²) in [4.78, 5) is 12.3. The Kier molecular flexibility index (Phi) is 6.14. The molecule has 0 spiro atoms. The summed E-state index contributed by atoms with van der Waals surface area (Å²) in [6.45, 7) is 10.4. The molecule has 3 aromatic rings. The minimum absolute atomic E-state index is 0.0887. The van der Waals surface area contributed by atoms with Crippen LogP contribution in [0.3, 0.4) is 0 Å². The molecule has 0 atom stereocenters. The number of carbonyl (C=O) groups is 1. The van der Waals surface area contributed by atoms with Crippen LogP contribution >= 0.6 is 11.8 Å². The fraction of sp³-hybridized carbons (Fsp3) is 0.333. The van der Waals surface area contributed by atoms with Gasteiger partial charge < -0.3 is 5.32 Å². The molecule has 2 aromatic carbocycles. The van der Waals surface area contributed by atoms with Crippen LogP contribution in [0.1, 0.15) is 42.0 Å². The van der Waals surface area contributed by atoms with Gasteiger partial charge in [0, 0.05) is 5.69 Å². The maximum atomic E-state index is 12.3. The zero-order valence-electron chi connectivity index (χ0n) is 16.9. The van der Waals surface area contributed by atoms with E-state index in [9.17, 15) is 4.79 Å². The number of benzene rings is 2. The minimum Gasteiger partial charge on any atom is -0.325 e. The van der Waals surface area contributed by atoms with E-state index in [4.69, 9.17) is 0 Å². The fourth-order valence-corrected chi connectivity index (χ4v) is 3.87. The van der Waals surface area contributed by atoms with Gasteiger partial charge in [-0.2, -0.15) is 4.68 Å². The van der Waals surface area contributed by atoms with Crippen LogP contribution in [0.2, 0.25) is 0 Å². The number of nitrogens with one attached hydrogen (secondary N) is 1. The molecule has 0 radical (unpaired) electrons. The van der Waals surface area contributed by atoms with Gasteiger partial charge in [-0.05, 0) is 65.9 Å². The van der Waals surface area contributed by atoms with E-state index >= 15 is 0 Å². The topological polar surface area (TPSA) is 72.7 Å². The van der Waals surface area contributed by atoms with Crippen LogP contribution in [0.4, 0.5) is 5.69 Å². The second-order valence-electron chi connectivity index (χ2n) is 7.23. The van der Waals surface area contributed by atoms with Crippen molar-refractivity contribution in [2.45, 2.75) is 45.7 Å².